The van der Waals surface area contributed by atoms with E-state index in [2.05, 4.69) is 4.98 Å². The van der Waals surface area contributed by atoms with E-state index in [0.29, 0.717) is 17.8 Å². The molecule has 0 fully saturated rings. The fraction of sp³-hybridized carbons (Fsp3) is 0.417. The number of alkyl halides is 1. The number of imidazole rings is 1. The topological polar surface area (TPSA) is 27.1 Å². The van der Waals surface area contributed by atoms with E-state index < -0.39 is 5.82 Å². The number of fused-ring (bicyclic) bond motifs is 1. The number of rotatable bonds is 4. The Morgan fingerprint density at radius 1 is 1.47 bits per heavy atom. The number of aryl methyl sites for hydroxylation is 2. The van der Waals surface area contributed by atoms with Crippen LogP contribution in [0, 0.1) is 5.82 Å². The van der Waals surface area contributed by atoms with Crippen LogP contribution in [0.3, 0.4) is 0 Å². The summed E-state index contributed by atoms with van der Waals surface area (Å²) in [5, 5.41) is 0. The SMILES string of the molecule is CCn1c(CCCl)nc2cc(F)c(OC)cc21. The average molecular weight is 257 g/mol. The first kappa shape index (κ1) is 12.2. The summed E-state index contributed by atoms with van der Waals surface area (Å²) in [5.74, 6) is 1.23. The molecule has 0 radical (unpaired) electrons. The van der Waals surface area contributed by atoms with Crippen LogP contribution in [0.25, 0.3) is 11.0 Å². The van der Waals surface area contributed by atoms with Crippen molar-refractivity contribution in [2.45, 2.75) is 19.9 Å². The Morgan fingerprint density at radius 3 is 2.82 bits per heavy atom. The molecule has 2 rings (SSSR count). The fourth-order valence-electron chi connectivity index (χ4n) is 1.96. The Bertz CT molecular complexity index is 539. The van der Waals surface area contributed by atoms with Crippen LogP contribution < -0.4 is 4.74 Å². The second-order valence-electron chi connectivity index (χ2n) is 3.69. The number of hydrogen-bond donors (Lipinski definition) is 0. The van der Waals surface area contributed by atoms with Crippen LogP contribution in [0.1, 0.15) is 12.7 Å². The normalized spacial score (nSPS) is 11.1. The minimum Gasteiger partial charge on any atom is -0.494 e. The summed E-state index contributed by atoms with van der Waals surface area (Å²) in [6.45, 7) is 2.80. The van der Waals surface area contributed by atoms with Gasteiger partial charge in [-0.2, -0.15) is 0 Å². The molecule has 0 unspecified atom stereocenters. The van der Waals surface area contributed by atoms with Crippen LogP contribution in [0.5, 0.6) is 5.75 Å². The van der Waals surface area contributed by atoms with Crippen molar-refractivity contribution in [2.24, 2.45) is 0 Å². The summed E-state index contributed by atoms with van der Waals surface area (Å²) in [6, 6.07) is 3.08. The lowest BCUT2D eigenvalue weighted by Crippen LogP contribution is -2.02. The molecule has 1 aromatic heterocycles. The van der Waals surface area contributed by atoms with Crippen molar-refractivity contribution in [1.82, 2.24) is 9.55 Å². The van der Waals surface area contributed by atoms with Crippen molar-refractivity contribution in [3.63, 3.8) is 0 Å². The van der Waals surface area contributed by atoms with E-state index in [0.717, 1.165) is 17.9 Å². The number of ether oxygens (including phenoxy) is 1. The summed E-state index contributed by atoms with van der Waals surface area (Å²) in [4.78, 5) is 4.39. The van der Waals surface area contributed by atoms with Crippen molar-refractivity contribution in [1.29, 1.82) is 0 Å². The zero-order valence-corrected chi connectivity index (χ0v) is 10.6. The highest BCUT2D eigenvalue weighted by atomic mass is 35.5. The largest absolute Gasteiger partial charge is 0.494 e. The first-order chi connectivity index (χ1) is 8.21. The van der Waals surface area contributed by atoms with Gasteiger partial charge in [0.15, 0.2) is 11.6 Å². The quantitative estimate of drug-likeness (QED) is 0.787. The highest BCUT2D eigenvalue weighted by Gasteiger charge is 2.13. The fourth-order valence-corrected chi connectivity index (χ4v) is 2.13. The molecular weight excluding hydrogens is 243 g/mol. The number of nitrogens with zero attached hydrogens (tertiary/aromatic N) is 2. The molecule has 0 aliphatic heterocycles. The van der Waals surface area contributed by atoms with Crippen LogP contribution in [0.4, 0.5) is 4.39 Å². The predicted molar refractivity (Wildman–Crippen MR) is 66.3 cm³/mol. The lowest BCUT2D eigenvalue weighted by Gasteiger charge is -2.06. The smallest absolute Gasteiger partial charge is 0.167 e. The third-order valence-electron chi connectivity index (χ3n) is 2.74. The Hall–Kier alpha value is -1.29. The summed E-state index contributed by atoms with van der Waals surface area (Å²) < 4.78 is 20.6. The van der Waals surface area contributed by atoms with Gasteiger partial charge in [0.25, 0.3) is 0 Å². The zero-order valence-electron chi connectivity index (χ0n) is 9.83. The molecule has 0 N–H and O–H groups in total. The number of benzene rings is 1. The highest BCUT2D eigenvalue weighted by molar-refractivity contribution is 6.17. The molecule has 17 heavy (non-hydrogen) atoms. The molecule has 92 valence electrons. The van der Waals surface area contributed by atoms with Gasteiger partial charge in [-0.15, -0.1) is 11.6 Å². The molecule has 0 aliphatic rings. The second-order valence-corrected chi connectivity index (χ2v) is 4.06. The standard InChI is InChI=1S/C12H14ClFN2O/c1-3-16-10-7-11(17-2)8(14)6-9(10)15-12(16)4-5-13/h6-7H,3-5H2,1-2H3. The summed E-state index contributed by atoms with van der Waals surface area (Å²) >= 11 is 5.73. The van der Waals surface area contributed by atoms with Gasteiger partial charge in [-0.3, -0.25) is 0 Å². The van der Waals surface area contributed by atoms with Crippen molar-refractivity contribution in [2.75, 3.05) is 13.0 Å². The van der Waals surface area contributed by atoms with E-state index in [1.54, 1.807) is 6.07 Å². The number of methoxy groups -OCH3 is 1. The van der Waals surface area contributed by atoms with Gasteiger partial charge < -0.3 is 9.30 Å². The van der Waals surface area contributed by atoms with Crippen LogP contribution in [0.15, 0.2) is 12.1 Å². The Balaban J connectivity index is 2.65. The number of aromatic nitrogens is 2. The molecule has 3 nitrogen and oxygen atoms in total. The third-order valence-corrected chi connectivity index (χ3v) is 2.92. The zero-order chi connectivity index (χ0) is 12.4. The minimum absolute atomic E-state index is 0.240. The van der Waals surface area contributed by atoms with Crippen molar-refractivity contribution in [3.8, 4) is 5.75 Å². The maximum absolute atomic E-state index is 13.6. The van der Waals surface area contributed by atoms with Gasteiger partial charge in [0.2, 0.25) is 0 Å². The molecular formula is C12H14ClFN2O. The molecule has 0 amide bonds. The minimum atomic E-state index is -0.391. The molecule has 0 atom stereocenters. The summed E-state index contributed by atoms with van der Waals surface area (Å²) in [7, 11) is 1.45. The van der Waals surface area contributed by atoms with Crippen LogP contribution in [-0.4, -0.2) is 22.5 Å². The molecule has 0 bridgehead atoms. The molecule has 1 heterocycles. The Labute approximate surface area is 104 Å². The molecule has 5 heteroatoms. The van der Waals surface area contributed by atoms with E-state index in [4.69, 9.17) is 16.3 Å². The van der Waals surface area contributed by atoms with Gasteiger partial charge in [-0.25, -0.2) is 9.37 Å². The van der Waals surface area contributed by atoms with Gasteiger partial charge >= 0.3 is 0 Å². The third kappa shape index (κ3) is 2.09. The molecule has 1 aromatic carbocycles. The van der Waals surface area contributed by atoms with Gasteiger partial charge in [0, 0.05) is 31.0 Å². The lowest BCUT2D eigenvalue weighted by molar-refractivity contribution is 0.387. The van der Waals surface area contributed by atoms with Crippen molar-refractivity contribution < 1.29 is 9.13 Å². The van der Waals surface area contributed by atoms with Crippen molar-refractivity contribution >= 4 is 22.6 Å². The average Bonchev–Trinajstić information content (AvgIpc) is 2.64. The molecule has 0 spiro atoms. The Morgan fingerprint density at radius 2 is 2.24 bits per heavy atom. The van der Waals surface area contributed by atoms with Gasteiger partial charge in [0.05, 0.1) is 18.1 Å². The molecule has 0 saturated heterocycles. The molecule has 0 saturated carbocycles. The van der Waals surface area contributed by atoms with Crippen LogP contribution >= 0.6 is 11.6 Å². The van der Waals surface area contributed by atoms with Gasteiger partial charge in [-0.1, -0.05) is 0 Å². The summed E-state index contributed by atoms with van der Waals surface area (Å²) in [6.07, 6.45) is 0.675. The Kier molecular flexibility index (Phi) is 3.52. The highest BCUT2D eigenvalue weighted by Crippen LogP contribution is 2.25. The second kappa shape index (κ2) is 4.92. The monoisotopic (exact) mass is 256 g/mol. The van der Waals surface area contributed by atoms with Gasteiger partial charge in [0.1, 0.15) is 5.82 Å². The van der Waals surface area contributed by atoms with Crippen LogP contribution in [0.2, 0.25) is 0 Å². The van der Waals surface area contributed by atoms with E-state index in [1.165, 1.54) is 13.2 Å². The van der Waals surface area contributed by atoms with E-state index in [9.17, 15) is 4.39 Å². The molecule has 2 aromatic rings. The number of halogens is 2. The van der Waals surface area contributed by atoms with Crippen LogP contribution in [-0.2, 0) is 13.0 Å². The lowest BCUT2D eigenvalue weighted by atomic mass is 10.3. The van der Waals surface area contributed by atoms with E-state index >= 15 is 0 Å². The molecule has 0 aliphatic carbocycles. The maximum Gasteiger partial charge on any atom is 0.167 e. The predicted octanol–water partition coefficient (Wildman–Crippen LogP) is 2.99. The van der Waals surface area contributed by atoms with Gasteiger partial charge in [-0.05, 0) is 6.92 Å². The van der Waals surface area contributed by atoms with Crippen molar-refractivity contribution in [3.05, 3.63) is 23.8 Å². The summed E-state index contributed by atoms with van der Waals surface area (Å²) in [5.41, 5.74) is 1.52. The number of hydrogen-bond acceptors (Lipinski definition) is 2. The maximum atomic E-state index is 13.6. The first-order valence-electron chi connectivity index (χ1n) is 5.49. The van der Waals surface area contributed by atoms with E-state index in [1.807, 2.05) is 11.5 Å². The first-order valence-corrected chi connectivity index (χ1v) is 6.03. The van der Waals surface area contributed by atoms with E-state index in [-0.39, 0.29) is 5.75 Å².